The second kappa shape index (κ2) is 8.19. The maximum Gasteiger partial charge on any atom is 0.335 e. The van der Waals surface area contributed by atoms with Crippen molar-refractivity contribution in [3.8, 4) is 0 Å². The molecule has 1 unspecified atom stereocenters. The average molecular weight is 414 g/mol. The van der Waals surface area contributed by atoms with Crippen LogP contribution in [0, 0.1) is 18.7 Å². The Balaban J connectivity index is 1.75. The van der Waals surface area contributed by atoms with Crippen LogP contribution in [0.5, 0.6) is 0 Å². The summed E-state index contributed by atoms with van der Waals surface area (Å²) in [6.07, 6.45) is 5.37. The van der Waals surface area contributed by atoms with Gasteiger partial charge in [0.2, 0.25) is 5.91 Å². The standard InChI is InChI=1S/C23H24FNO3S/c1-14-19(12-15-4-2-3-5-15)18(23(27)28)10-11-20(14)25-21(26)13-29-22(25)16-6-8-17(24)9-7-16/h6-11,15,22H,2-5,12-13H2,1H3,(H,27,28). The summed E-state index contributed by atoms with van der Waals surface area (Å²) in [4.78, 5) is 26.4. The predicted octanol–water partition coefficient (Wildman–Crippen LogP) is 5.34. The van der Waals surface area contributed by atoms with Gasteiger partial charge in [-0.15, -0.1) is 11.8 Å². The van der Waals surface area contributed by atoms with E-state index in [9.17, 15) is 19.1 Å². The topological polar surface area (TPSA) is 57.6 Å². The lowest BCUT2D eigenvalue weighted by molar-refractivity contribution is -0.115. The number of nitrogens with zero attached hydrogens (tertiary/aromatic N) is 1. The molecule has 0 aromatic heterocycles. The Bertz CT molecular complexity index is 938. The lowest BCUT2D eigenvalue weighted by Gasteiger charge is -2.28. The molecule has 29 heavy (non-hydrogen) atoms. The van der Waals surface area contributed by atoms with E-state index in [2.05, 4.69) is 0 Å². The number of hydrogen-bond donors (Lipinski definition) is 1. The summed E-state index contributed by atoms with van der Waals surface area (Å²) in [5.74, 6) is -0.402. The number of thioether (sulfide) groups is 1. The number of carbonyl (C=O) groups excluding carboxylic acids is 1. The van der Waals surface area contributed by atoms with Crippen LogP contribution in [0.25, 0.3) is 0 Å². The number of benzene rings is 2. The SMILES string of the molecule is Cc1c(N2C(=O)CSC2c2ccc(F)cc2)ccc(C(=O)O)c1CC1CCCC1. The fourth-order valence-corrected chi connectivity index (χ4v) is 5.70. The molecule has 2 aromatic carbocycles. The van der Waals surface area contributed by atoms with Gasteiger partial charge < -0.3 is 5.11 Å². The van der Waals surface area contributed by atoms with Gasteiger partial charge in [0.15, 0.2) is 0 Å². The van der Waals surface area contributed by atoms with Crippen LogP contribution in [0.2, 0.25) is 0 Å². The molecule has 1 N–H and O–H groups in total. The van der Waals surface area contributed by atoms with E-state index < -0.39 is 5.97 Å². The minimum atomic E-state index is -0.926. The molecule has 1 amide bonds. The minimum Gasteiger partial charge on any atom is -0.478 e. The van der Waals surface area contributed by atoms with Gasteiger partial charge in [-0.25, -0.2) is 9.18 Å². The smallest absolute Gasteiger partial charge is 0.335 e. The third kappa shape index (κ3) is 3.90. The van der Waals surface area contributed by atoms with E-state index >= 15 is 0 Å². The molecule has 1 saturated carbocycles. The van der Waals surface area contributed by atoms with E-state index in [1.807, 2.05) is 6.92 Å². The number of carbonyl (C=O) groups is 2. The van der Waals surface area contributed by atoms with Gasteiger partial charge in [0.1, 0.15) is 11.2 Å². The van der Waals surface area contributed by atoms with Crippen molar-refractivity contribution in [3.63, 3.8) is 0 Å². The molecule has 2 aromatic rings. The van der Waals surface area contributed by atoms with Gasteiger partial charge in [0, 0.05) is 5.69 Å². The number of halogens is 1. The highest BCUT2D eigenvalue weighted by Gasteiger charge is 2.36. The molecular weight excluding hydrogens is 389 g/mol. The Labute approximate surface area is 174 Å². The first-order valence-electron chi connectivity index (χ1n) is 10.0. The minimum absolute atomic E-state index is 0.0117. The number of hydrogen-bond acceptors (Lipinski definition) is 3. The van der Waals surface area contributed by atoms with Crippen molar-refractivity contribution in [2.24, 2.45) is 5.92 Å². The lowest BCUT2D eigenvalue weighted by atomic mass is 9.90. The molecule has 1 aliphatic heterocycles. The van der Waals surface area contributed by atoms with Gasteiger partial charge in [-0.3, -0.25) is 9.69 Å². The van der Waals surface area contributed by atoms with Crippen molar-refractivity contribution in [2.45, 2.75) is 44.4 Å². The summed E-state index contributed by atoms with van der Waals surface area (Å²) in [5, 5.41) is 9.47. The molecule has 1 heterocycles. The van der Waals surface area contributed by atoms with Crippen LogP contribution in [0.1, 0.15) is 58.1 Å². The Kier molecular flexibility index (Phi) is 5.63. The van der Waals surface area contributed by atoms with E-state index in [4.69, 9.17) is 0 Å². The Morgan fingerprint density at radius 1 is 1.17 bits per heavy atom. The van der Waals surface area contributed by atoms with Crippen molar-refractivity contribution in [1.82, 2.24) is 0 Å². The van der Waals surface area contributed by atoms with Gasteiger partial charge in [-0.05, 0) is 60.2 Å². The zero-order chi connectivity index (χ0) is 20.5. The summed E-state index contributed by atoms with van der Waals surface area (Å²) < 4.78 is 13.4. The highest BCUT2D eigenvalue weighted by Crippen LogP contribution is 2.44. The maximum atomic E-state index is 13.4. The fraction of sp³-hybridized carbons (Fsp3) is 0.391. The van der Waals surface area contributed by atoms with E-state index in [1.54, 1.807) is 29.2 Å². The summed E-state index contributed by atoms with van der Waals surface area (Å²) in [6.45, 7) is 1.92. The number of carboxylic acids is 1. The molecule has 1 saturated heterocycles. The molecule has 1 aliphatic carbocycles. The average Bonchev–Trinajstić information content (AvgIpc) is 3.34. The monoisotopic (exact) mass is 413 g/mol. The van der Waals surface area contributed by atoms with Crippen LogP contribution >= 0.6 is 11.8 Å². The van der Waals surface area contributed by atoms with Crippen LogP contribution in [0.15, 0.2) is 36.4 Å². The Morgan fingerprint density at radius 3 is 2.52 bits per heavy atom. The zero-order valence-corrected chi connectivity index (χ0v) is 17.2. The molecular formula is C23H24FNO3S. The first-order valence-corrected chi connectivity index (χ1v) is 11.1. The van der Waals surface area contributed by atoms with E-state index in [0.717, 1.165) is 41.6 Å². The molecule has 2 aliphatic rings. The van der Waals surface area contributed by atoms with Crippen molar-refractivity contribution in [1.29, 1.82) is 0 Å². The van der Waals surface area contributed by atoms with Gasteiger partial charge in [-0.1, -0.05) is 37.8 Å². The largest absolute Gasteiger partial charge is 0.478 e. The second-order valence-corrected chi connectivity index (χ2v) is 8.94. The van der Waals surface area contributed by atoms with Crippen LogP contribution in [0.4, 0.5) is 10.1 Å². The van der Waals surface area contributed by atoms with Crippen LogP contribution in [-0.2, 0) is 11.2 Å². The normalized spacial score (nSPS) is 19.9. The lowest BCUT2D eigenvalue weighted by Crippen LogP contribution is -2.29. The van der Waals surface area contributed by atoms with Crippen molar-refractivity contribution < 1.29 is 19.1 Å². The Morgan fingerprint density at radius 2 is 1.86 bits per heavy atom. The second-order valence-electron chi connectivity index (χ2n) is 7.87. The van der Waals surface area contributed by atoms with Crippen LogP contribution < -0.4 is 4.90 Å². The molecule has 4 rings (SSSR count). The van der Waals surface area contributed by atoms with Crippen molar-refractivity contribution in [3.05, 3.63) is 64.5 Å². The predicted molar refractivity (Wildman–Crippen MR) is 113 cm³/mol. The summed E-state index contributed by atoms with van der Waals surface area (Å²) >= 11 is 1.51. The molecule has 2 fully saturated rings. The first-order chi connectivity index (χ1) is 14.0. The molecule has 0 radical (unpaired) electrons. The fourth-order valence-electron chi connectivity index (χ4n) is 4.53. The summed E-state index contributed by atoms with van der Waals surface area (Å²) in [7, 11) is 0. The Hall–Kier alpha value is -2.34. The van der Waals surface area contributed by atoms with Gasteiger partial charge in [0.05, 0.1) is 11.3 Å². The molecule has 152 valence electrons. The molecule has 0 spiro atoms. The van der Waals surface area contributed by atoms with Crippen molar-refractivity contribution >= 4 is 29.3 Å². The quantitative estimate of drug-likeness (QED) is 0.718. The van der Waals surface area contributed by atoms with Gasteiger partial charge in [-0.2, -0.15) is 0 Å². The van der Waals surface area contributed by atoms with Gasteiger partial charge in [0.25, 0.3) is 0 Å². The zero-order valence-electron chi connectivity index (χ0n) is 16.4. The molecule has 6 heteroatoms. The van der Waals surface area contributed by atoms with E-state index in [1.165, 1.54) is 36.7 Å². The highest BCUT2D eigenvalue weighted by atomic mass is 32.2. The van der Waals surface area contributed by atoms with Crippen LogP contribution in [0.3, 0.4) is 0 Å². The number of rotatable bonds is 5. The molecule has 0 bridgehead atoms. The highest BCUT2D eigenvalue weighted by molar-refractivity contribution is 8.00. The van der Waals surface area contributed by atoms with Crippen molar-refractivity contribution in [2.75, 3.05) is 10.7 Å². The summed E-state index contributed by atoms with van der Waals surface area (Å²) in [6, 6.07) is 9.60. The number of aromatic carboxylic acids is 1. The van der Waals surface area contributed by atoms with Crippen LogP contribution in [-0.4, -0.2) is 22.7 Å². The first kappa shape index (κ1) is 20.0. The molecule has 4 nitrogen and oxygen atoms in total. The number of amides is 1. The maximum absolute atomic E-state index is 13.4. The summed E-state index contributed by atoms with van der Waals surface area (Å²) in [5.41, 5.74) is 3.65. The van der Waals surface area contributed by atoms with E-state index in [-0.39, 0.29) is 17.1 Å². The van der Waals surface area contributed by atoms with Gasteiger partial charge >= 0.3 is 5.97 Å². The third-order valence-electron chi connectivity index (χ3n) is 6.05. The molecule has 1 atom stereocenters. The van der Waals surface area contributed by atoms with E-state index in [0.29, 0.717) is 17.2 Å². The third-order valence-corrected chi connectivity index (χ3v) is 7.26. The number of carboxylic acid groups (broad SMARTS) is 1. The number of anilines is 1.